The number of ether oxygens (including phenoxy) is 2. The van der Waals surface area contributed by atoms with Crippen molar-refractivity contribution in [3.8, 4) is 5.75 Å². The molecule has 120 valence electrons. The predicted octanol–water partition coefficient (Wildman–Crippen LogP) is 1.35. The third-order valence-corrected chi connectivity index (χ3v) is 4.38. The molecule has 0 aliphatic carbocycles. The molecule has 0 spiro atoms. The van der Waals surface area contributed by atoms with Crippen molar-refractivity contribution in [2.75, 3.05) is 32.8 Å². The summed E-state index contributed by atoms with van der Waals surface area (Å²) in [5.74, 6) is 0.613. The lowest BCUT2D eigenvalue weighted by molar-refractivity contribution is -0.124. The summed E-state index contributed by atoms with van der Waals surface area (Å²) in [6, 6.07) is 8.28. The molecule has 2 aliphatic heterocycles. The molecule has 0 aromatic heterocycles. The maximum absolute atomic E-state index is 11.8. The van der Waals surface area contributed by atoms with Crippen LogP contribution >= 0.6 is 0 Å². The summed E-state index contributed by atoms with van der Waals surface area (Å²) in [7, 11) is 0. The molecule has 5 nitrogen and oxygen atoms in total. The summed E-state index contributed by atoms with van der Waals surface area (Å²) in [6.45, 7) is 5.49. The van der Waals surface area contributed by atoms with Gasteiger partial charge in [-0.25, -0.2) is 0 Å². The lowest BCUT2D eigenvalue weighted by Gasteiger charge is -2.35. The van der Waals surface area contributed by atoms with Gasteiger partial charge in [0.25, 0.3) is 5.91 Å². The van der Waals surface area contributed by atoms with Crippen molar-refractivity contribution < 1.29 is 14.3 Å². The molecule has 1 amide bonds. The van der Waals surface area contributed by atoms with E-state index in [0.29, 0.717) is 12.6 Å². The molecule has 5 heteroatoms. The number of rotatable bonds is 5. The quantitative estimate of drug-likeness (QED) is 0.892. The van der Waals surface area contributed by atoms with E-state index in [2.05, 4.69) is 10.2 Å². The molecule has 2 fully saturated rings. The molecule has 0 unspecified atom stereocenters. The number of aryl methyl sites for hydroxylation is 1. The van der Waals surface area contributed by atoms with E-state index < -0.39 is 0 Å². The van der Waals surface area contributed by atoms with Crippen molar-refractivity contribution in [2.45, 2.75) is 31.9 Å². The van der Waals surface area contributed by atoms with Gasteiger partial charge >= 0.3 is 0 Å². The van der Waals surface area contributed by atoms with Crippen molar-refractivity contribution in [2.24, 2.45) is 0 Å². The molecule has 1 N–H and O–H groups in total. The Morgan fingerprint density at radius 2 is 2.23 bits per heavy atom. The Bertz CT molecular complexity index is 503. The molecule has 2 aliphatic rings. The van der Waals surface area contributed by atoms with Crippen LogP contribution in [0.2, 0.25) is 0 Å². The van der Waals surface area contributed by atoms with E-state index in [1.807, 2.05) is 31.2 Å². The second-order valence-corrected chi connectivity index (χ2v) is 6.15. The minimum absolute atomic E-state index is 0.0438. The van der Waals surface area contributed by atoms with Gasteiger partial charge in [-0.05, 0) is 38.4 Å². The van der Waals surface area contributed by atoms with Crippen molar-refractivity contribution in [1.29, 1.82) is 0 Å². The van der Waals surface area contributed by atoms with E-state index in [1.54, 1.807) is 0 Å². The topological polar surface area (TPSA) is 50.8 Å². The van der Waals surface area contributed by atoms with Crippen LogP contribution in [0, 0.1) is 6.92 Å². The maximum atomic E-state index is 11.8. The molecule has 2 saturated heterocycles. The number of nitrogens with one attached hydrogen (secondary N) is 1. The number of hydrogen-bond donors (Lipinski definition) is 1. The predicted molar refractivity (Wildman–Crippen MR) is 84.0 cm³/mol. The van der Waals surface area contributed by atoms with Crippen molar-refractivity contribution >= 4 is 5.91 Å². The van der Waals surface area contributed by atoms with Gasteiger partial charge in [0.05, 0.1) is 12.7 Å². The van der Waals surface area contributed by atoms with E-state index in [0.717, 1.165) is 25.4 Å². The number of fused-ring (bicyclic) bond motifs is 1. The van der Waals surface area contributed by atoms with Gasteiger partial charge in [0.1, 0.15) is 5.75 Å². The molecule has 2 atom stereocenters. The molecular weight excluding hydrogens is 280 g/mol. The highest BCUT2D eigenvalue weighted by Crippen LogP contribution is 2.22. The smallest absolute Gasteiger partial charge is 0.258 e. The standard InChI is InChI=1S/C17H24N2O3/c1-13-4-6-15(7-5-13)22-12-17(20)18-9-16-10-19-8-2-3-14(19)11-21-16/h4-7,14,16H,2-3,8-12H2,1H3,(H,18,20)/t14-,16+/m0/s1. The largest absolute Gasteiger partial charge is 0.484 e. The van der Waals surface area contributed by atoms with Crippen LogP contribution in [0.1, 0.15) is 18.4 Å². The monoisotopic (exact) mass is 304 g/mol. The van der Waals surface area contributed by atoms with Crippen molar-refractivity contribution in [3.63, 3.8) is 0 Å². The summed E-state index contributed by atoms with van der Waals surface area (Å²) in [5, 5.41) is 2.90. The van der Waals surface area contributed by atoms with E-state index in [9.17, 15) is 4.79 Å². The van der Waals surface area contributed by atoms with Gasteiger partial charge in [0, 0.05) is 19.1 Å². The van der Waals surface area contributed by atoms with Crippen LogP contribution < -0.4 is 10.1 Å². The van der Waals surface area contributed by atoms with Crippen LogP contribution in [0.5, 0.6) is 5.75 Å². The van der Waals surface area contributed by atoms with Gasteiger partial charge in [-0.2, -0.15) is 0 Å². The normalized spacial score (nSPS) is 24.8. The van der Waals surface area contributed by atoms with Crippen LogP contribution in [0.4, 0.5) is 0 Å². The van der Waals surface area contributed by atoms with Crippen LogP contribution in [0.15, 0.2) is 24.3 Å². The van der Waals surface area contributed by atoms with E-state index in [4.69, 9.17) is 9.47 Å². The Labute approximate surface area is 131 Å². The zero-order valence-electron chi connectivity index (χ0n) is 13.1. The first-order valence-corrected chi connectivity index (χ1v) is 8.02. The summed E-state index contributed by atoms with van der Waals surface area (Å²) in [4.78, 5) is 14.3. The average molecular weight is 304 g/mol. The Morgan fingerprint density at radius 1 is 1.41 bits per heavy atom. The molecule has 1 aromatic rings. The Kier molecular flexibility index (Phi) is 4.95. The number of nitrogens with zero attached hydrogens (tertiary/aromatic N) is 1. The number of amides is 1. The Hall–Kier alpha value is -1.59. The molecule has 0 saturated carbocycles. The van der Waals surface area contributed by atoms with E-state index in [-0.39, 0.29) is 18.6 Å². The fraction of sp³-hybridized carbons (Fsp3) is 0.588. The van der Waals surface area contributed by atoms with Gasteiger partial charge in [0.15, 0.2) is 6.61 Å². The lowest BCUT2D eigenvalue weighted by Crippen LogP contribution is -2.50. The molecule has 3 rings (SSSR count). The third kappa shape index (κ3) is 3.99. The number of morpholine rings is 1. The third-order valence-electron chi connectivity index (χ3n) is 4.38. The molecule has 0 radical (unpaired) electrons. The van der Waals surface area contributed by atoms with Crippen LogP contribution in [-0.2, 0) is 9.53 Å². The van der Waals surface area contributed by atoms with E-state index in [1.165, 1.54) is 18.4 Å². The van der Waals surface area contributed by atoms with E-state index >= 15 is 0 Å². The fourth-order valence-corrected chi connectivity index (χ4v) is 3.07. The van der Waals surface area contributed by atoms with Gasteiger partial charge in [-0.15, -0.1) is 0 Å². The molecular formula is C17H24N2O3. The summed E-state index contributed by atoms with van der Waals surface area (Å²) in [5.41, 5.74) is 1.17. The fourth-order valence-electron chi connectivity index (χ4n) is 3.07. The van der Waals surface area contributed by atoms with Crippen LogP contribution in [0.3, 0.4) is 0 Å². The molecule has 0 bridgehead atoms. The van der Waals surface area contributed by atoms with Gasteiger partial charge in [-0.3, -0.25) is 9.69 Å². The number of carbonyl (C=O) groups is 1. The minimum Gasteiger partial charge on any atom is -0.484 e. The molecule has 1 aromatic carbocycles. The second kappa shape index (κ2) is 7.11. The molecule has 22 heavy (non-hydrogen) atoms. The highest BCUT2D eigenvalue weighted by Gasteiger charge is 2.32. The zero-order chi connectivity index (χ0) is 15.4. The second-order valence-electron chi connectivity index (χ2n) is 6.15. The summed E-state index contributed by atoms with van der Waals surface area (Å²) in [6.07, 6.45) is 2.60. The van der Waals surface area contributed by atoms with Crippen LogP contribution in [-0.4, -0.2) is 55.8 Å². The molecule has 2 heterocycles. The summed E-state index contributed by atoms with van der Waals surface area (Å²) < 4.78 is 11.3. The first-order chi connectivity index (χ1) is 10.7. The Balaban J connectivity index is 1.36. The van der Waals surface area contributed by atoms with Crippen molar-refractivity contribution in [3.05, 3.63) is 29.8 Å². The van der Waals surface area contributed by atoms with Gasteiger partial charge in [-0.1, -0.05) is 17.7 Å². The maximum Gasteiger partial charge on any atom is 0.258 e. The SMILES string of the molecule is Cc1ccc(OCC(=O)NC[C@@H]2CN3CCC[C@H]3CO2)cc1. The first-order valence-electron chi connectivity index (χ1n) is 8.02. The summed E-state index contributed by atoms with van der Waals surface area (Å²) >= 11 is 0. The zero-order valence-corrected chi connectivity index (χ0v) is 13.1. The van der Waals surface area contributed by atoms with Gasteiger partial charge in [0.2, 0.25) is 0 Å². The van der Waals surface area contributed by atoms with Gasteiger partial charge < -0.3 is 14.8 Å². The highest BCUT2D eigenvalue weighted by atomic mass is 16.5. The van der Waals surface area contributed by atoms with Crippen LogP contribution in [0.25, 0.3) is 0 Å². The number of carbonyl (C=O) groups excluding carboxylic acids is 1. The van der Waals surface area contributed by atoms with Crippen molar-refractivity contribution in [1.82, 2.24) is 10.2 Å². The first kappa shape index (κ1) is 15.3. The Morgan fingerprint density at radius 3 is 3.05 bits per heavy atom. The number of benzene rings is 1. The lowest BCUT2D eigenvalue weighted by atomic mass is 10.2. The number of hydrogen-bond acceptors (Lipinski definition) is 4. The minimum atomic E-state index is -0.104. The average Bonchev–Trinajstić information content (AvgIpc) is 3.00. The highest BCUT2D eigenvalue weighted by molar-refractivity contribution is 5.77.